The van der Waals surface area contributed by atoms with Gasteiger partial charge in [-0.05, 0) is 42.0 Å². The third-order valence-corrected chi connectivity index (χ3v) is 3.79. The predicted molar refractivity (Wildman–Crippen MR) is 110 cm³/mol. The van der Waals surface area contributed by atoms with Gasteiger partial charge in [0.05, 0.1) is 11.4 Å². The van der Waals surface area contributed by atoms with Crippen molar-refractivity contribution in [2.45, 2.75) is 6.61 Å². The van der Waals surface area contributed by atoms with Gasteiger partial charge >= 0.3 is 6.09 Å². The Kier molecular flexibility index (Phi) is 7.06. The molecule has 0 saturated heterocycles. The van der Waals surface area contributed by atoms with Crippen molar-refractivity contribution in [3.63, 3.8) is 0 Å². The average molecular weight is 388 g/mol. The molecule has 0 aromatic heterocycles. The van der Waals surface area contributed by atoms with Gasteiger partial charge in [0.25, 0.3) is 0 Å². The molecule has 0 unspecified atom stereocenters. The molecule has 0 radical (unpaired) electrons. The van der Waals surface area contributed by atoms with E-state index in [4.69, 9.17) is 4.74 Å². The lowest BCUT2D eigenvalue weighted by Gasteiger charge is -2.08. The van der Waals surface area contributed by atoms with Gasteiger partial charge in [-0.2, -0.15) is 10.2 Å². The van der Waals surface area contributed by atoms with Crippen LogP contribution >= 0.6 is 0 Å². The first-order chi connectivity index (χ1) is 14.2. The molecule has 3 rings (SSSR count). The Hall–Kier alpha value is -4.00. The molecule has 0 bridgehead atoms. The van der Waals surface area contributed by atoms with Crippen molar-refractivity contribution in [3.8, 4) is 0 Å². The molecule has 2 amide bonds. The van der Waals surface area contributed by atoms with Crippen LogP contribution in [-0.2, 0) is 16.1 Å². The van der Waals surface area contributed by atoms with E-state index in [-0.39, 0.29) is 19.1 Å². The van der Waals surface area contributed by atoms with E-state index >= 15 is 0 Å². The zero-order chi connectivity index (χ0) is 20.3. The van der Waals surface area contributed by atoms with E-state index in [2.05, 4.69) is 20.9 Å². The van der Waals surface area contributed by atoms with Crippen molar-refractivity contribution in [3.05, 3.63) is 90.5 Å². The minimum Gasteiger partial charge on any atom is -0.445 e. The lowest BCUT2D eigenvalue weighted by Crippen LogP contribution is -2.33. The number of nitrogens with one attached hydrogen (secondary N) is 2. The second kappa shape index (κ2) is 10.4. The zero-order valence-corrected chi connectivity index (χ0v) is 15.6. The molecule has 0 aliphatic heterocycles. The highest BCUT2D eigenvalue weighted by Gasteiger charge is 2.07. The van der Waals surface area contributed by atoms with E-state index in [0.717, 1.165) is 11.3 Å². The van der Waals surface area contributed by atoms with Gasteiger partial charge in [0, 0.05) is 5.69 Å². The number of hydrogen-bond donors (Lipinski definition) is 2. The normalized spacial score (nSPS) is 10.5. The van der Waals surface area contributed by atoms with E-state index < -0.39 is 6.09 Å². The van der Waals surface area contributed by atoms with Gasteiger partial charge in [0.2, 0.25) is 5.91 Å². The number of ether oxygens (including phenoxy) is 1. The third kappa shape index (κ3) is 6.91. The highest BCUT2D eigenvalue weighted by molar-refractivity contribution is 5.93. The molecule has 7 nitrogen and oxygen atoms in total. The van der Waals surface area contributed by atoms with Crippen LogP contribution < -0.4 is 10.6 Å². The lowest BCUT2D eigenvalue weighted by atomic mass is 10.2. The molecule has 3 aromatic rings. The van der Waals surface area contributed by atoms with Crippen LogP contribution in [0.1, 0.15) is 5.56 Å². The third-order valence-electron chi connectivity index (χ3n) is 3.79. The number of carbonyl (C=O) groups is 2. The molecule has 146 valence electrons. The molecule has 0 atom stereocenters. The van der Waals surface area contributed by atoms with Gasteiger partial charge in [0.15, 0.2) is 0 Å². The van der Waals surface area contributed by atoms with Crippen LogP contribution in [0, 0.1) is 0 Å². The van der Waals surface area contributed by atoms with Crippen LogP contribution in [0.4, 0.5) is 21.9 Å². The Morgan fingerprint density at radius 3 is 2.00 bits per heavy atom. The number of benzene rings is 3. The van der Waals surface area contributed by atoms with Crippen molar-refractivity contribution in [2.24, 2.45) is 10.2 Å². The van der Waals surface area contributed by atoms with Crippen molar-refractivity contribution >= 4 is 29.1 Å². The maximum Gasteiger partial charge on any atom is 0.407 e. The van der Waals surface area contributed by atoms with E-state index in [1.54, 1.807) is 24.3 Å². The molecule has 0 fully saturated rings. The zero-order valence-electron chi connectivity index (χ0n) is 15.6. The van der Waals surface area contributed by atoms with Crippen LogP contribution in [0.3, 0.4) is 0 Å². The first kappa shape index (κ1) is 19.8. The van der Waals surface area contributed by atoms with Crippen molar-refractivity contribution < 1.29 is 14.3 Å². The van der Waals surface area contributed by atoms with E-state index in [0.29, 0.717) is 11.4 Å². The van der Waals surface area contributed by atoms with Gasteiger partial charge in [-0.1, -0.05) is 48.5 Å². The van der Waals surface area contributed by atoms with Crippen molar-refractivity contribution in [1.29, 1.82) is 0 Å². The molecule has 0 spiro atoms. The van der Waals surface area contributed by atoms with Gasteiger partial charge in [-0.3, -0.25) is 4.79 Å². The van der Waals surface area contributed by atoms with Gasteiger partial charge in [-0.25, -0.2) is 4.79 Å². The second-order valence-electron chi connectivity index (χ2n) is 6.05. The average Bonchev–Trinajstić information content (AvgIpc) is 2.77. The molecule has 0 aliphatic rings. The Morgan fingerprint density at radius 2 is 1.34 bits per heavy atom. The fourth-order valence-corrected chi connectivity index (χ4v) is 2.35. The summed E-state index contributed by atoms with van der Waals surface area (Å²) >= 11 is 0. The van der Waals surface area contributed by atoms with E-state index in [1.807, 2.05) is 60.7 Å². The smallest absolute Gasteiger partial charge is 0.407 e. The molecule has 3 aromatic carbocycles. The first-order valence-electron chi connectivity index (χ1n) is 9.00. The molecule has 0 saturated carbocycles. The summed E-state index contributed by atoms with van der Waals surface area (Å²) in [7, 11) is 0. The molecule has 0 heterocycles. The summed E-state index contributed by atoms with van der Waals surface area (Å²) in [6.07, 6.45) is -0.652. The van der Waals surface area contributed by atoms with Crippen LogP contribution in [-0.4, -0.2) is 18.5 Å². The molecular weight excluding hydrogens is 368 g/mol. The van der Waals surface area contributed by atoms with Crippen molar-refractivity contribution in [1.82, 2.24) is 5.32 Å². The Morgan fingerprint density at radius 1 is 0.759 bits per heavy atom. The quantitative estimate of drug-likeness (QED) is 0.560. The van der Waals surface area contributed by atoms with Gasteiger partial charge in [-0.15, -0.1) is 0 Å². The monoisotopic (exact) mass is 388 g/mol. The second-order valence-corrected chi connectivity index (χ2v) is 6.05. The number of hydrogen-bond acceptors (Lipinski definition) is 5. The van der Waals surface area contributed by atoms with E-state index in [9.17, 15) is 9.59 Å². The summed E-state index contributed by atoms with van der Waals surface area (Å²) in [5.41, 5.74) is 2.88. The van der Waals surface area contributed by atoms with E-state index in [1.165, 1.54) is 0 Å². The first-order valence-corrected chi connectivity index (χ1v) is 9.00. The SMILES string of the molecule is O=C(CNC(=O)OCc1ccccc1)Nc1ccc(N=Nc2ccccc2)cc1. The maximum absolute atomic E-state index is 12.0. The highest BCUT2D eigenvalue weighted by atomic mass is 16.5. The fourth-order valence-electron chi connectivity index (χ4n) is 2.35. The van der Waals surface area contributed by atoms with Crippen LogP contribution in [0.25, 0.3) is 0 Å². The fraction of sp³-hybridized carbons (Fsp3) is 0.0909. The van der Waals surface area contributed by atoms with Gasteiger partial charge < -0.3 is 15.4 Å². The maximum atomic E-state index is 12.0. The molecular formula is C22H20N4O3. The number of anilines is 1. The Bertz CT molecular complexity index is 958. The minimum absolute atomic E-state index is 0.146. The summed E-state index contributed by atoms with van der Waals surface area (Å²) in [6.45, 7) is -0.0453. The van der Waals surface area contributed by atoms with Crippen LogP contribution in [0.15, 0.2) is 95.2 Å². The molecule has 7 heteroatoms. The predicted octanol–water partition coefficient (Wildman–Crippen LogP) is 4.97. The standard InChI is InChI=1S/C22H20N4O3/c27-21(15-23-22(28)29-16-17-7-3-1-4-8-17)24-18-11-13-20(14-12-18)26-25-19-9-5-2-6-10-19/h1-14H,15-16H2,(H,23,28)(H,24,27). The largest absolute Gasteiger partial charge is 0.445 e. The summed E-state index contributed by atoms with van der Waals surface area (Å²) in [5.74, 6) is -0.361. The highest BCUT2D eigenvalue weighted by Crippen LogP contribution is 2.19. The van der Waals surface area contributed by atoms with Crippen molar-refractivity contribution in [2.75, 3.05) is 11.9 Å². The summed E-state index contributed by atoms with van der Waals surface area (Å²) in [5, 5.41) is 13.4. The topological polar surface area (TPSA) is 92.2 Å². The number of rotatable bonds is 7. The molecule has 0 aliphatic carbocycles. The summed E-state index contributed by atoms with van der Waals surface area (Å²) in [6, 6.07) is 25.6. The summed E-state index contributed by atoms with van der Waals surface area (Å²) in [4.78, 5) is 23.6. The van der Waals surface area contributed by atoms with Crippen LogP contribution in [0.2, 0.25) is 0 Å². The number of alkyl carbamates (subject to hydrolysis) is 1. The van der Waals surface area contributed by atoms with Crippen LogP contribution in [0.5, 0.6) is 0 Å². The number of nitrogens with zero attached hydrogens (tertiary/aromatic N) is 2. The Balaban J connectivity index is 1.41. The van der Waals surface area contributed by atoms with Gasteiger partial charge in [0.1, 0.15) is 13.2 Å². The minimum atomic E-state index is -0.652. The number of amides is 2. The Labute approximate surface area is 168 Å². The molecule has 29 heavy (non-hydrogen) atoms. The lowest BCUT2D eigenvalue weighted by molar-refractivity contribution is -0.115. The number of carbonyl (C=O) groups excluding carboxylic acids is 2. The number of azo groups is 1. The molecule has 2 N–H and O–H groups in total. The summed E-state index contributed by atoms with van der Waals surface area (Å²) < 4.78 is 5.05.